The molecule has 49 heavy (non-hydrogen) atoms. The Balaban J connectivity index is 1.32. The van der Waals surface area contributed by atoms with E-state index < -0.39 is 0 Å². The van der Waals surface area contributed by atoms with E-state index in [1.165, 1.54) is 32.5 Å². The Morgan fingerprint density at radius 2 is 1.18 bits per heavy atom. The van der Waals surface area contributed by atoms with E-state index >= 15 is 0 Å². The smallest absolute Gasteiger partial charge is 0.189 e. The predicted octanol–water partition coefficient (Wildman–Crippen LogP) is 12.7. The molecule has 0 aliphatic heterocycles. The summed E-state index contributed by atoms with van der Waals surface area (Å²) in [4.78, 5) is 9.14. The van der Waals surface area contributed by atoms with Gasteiger partial charge in [-0.05, 0) is 81.2 Å². The number of hydrogen-bond acceptors (Lipinski definition) is 1. The number of hydrogen-bond donors (Lipinski definition) is 0. The Hall–Kier alpha value is -6.76. The van der Waals surface area contributed by atoms with Crippen LogP contribution in [0.3, 0.4) is 0 Å². The minimum Gasteiger partial charge on any atom is -0.311 e. The molecule has 0 unspecified atom stereocenters. The molecule has 3 nitrogen and oxygen atoms in total. The summed E-state index contributed by atoms with van der Waals surface area (Å²) in [5.74, 6) is 0. The van der Waals surface area contributed by atoms with Crippen LogP contribution in [0.15, 0.2) is 164 Å². The molecular weight excluding hydrogens is 595 g/mol. The summed E-state index contributed by atoms with van der Waals surface area (Å²) in [7, 11) is 0. The van der Waals surface area contributed by atoms with Crippen molar-refractivity contribution in [1.82, 2.24) is 9.55 Å². The minimum atomic E-state index is 0.634. The first-order chi connectivity index (χ1) is 24.2. The molecule has 2 aromatic heterocycles. The monoisotopic (exact) mass is 621 g/mol. The fourth-order valence-electron chi connectivity index (χ4n) is 7.71. The van der Waals surface area contributed by atoms with E-state index in [1.54, 1.807) is 0 Å². The van der Waals surface area contributed by atoms with Crippen LogP contribution in [0.1, 0.15) is 0 Å². The summed E-state index contributed by atoms with van der Waals surface area (Å²) in [5, 5.41) is 10.6. The maximum atomic E-state index is 7.70. The SMILES string of the molecule is [C-]#[N+]c1ccc2c3cc(-c4cc5c(-c6ccccc6)nc6cc7ccccc7cc6c5c5ccccc45)ccc3n(-c3ccccc3)c2c1. The molecule has 0 aliphatic carbocycles. The van der Waals surface area contributed by atoms with Gasteiger partial charge in [-0.1, -0.05) is 115 Å². The molecule has 0 amide bonds. The molecule has 0 radical (unpaired) electrons. The maximum Gasteiger partial charge on any atom is 0.189 e. The number of fused-ring (bicyclic) bond motifs is 9. The van der Waals surface area contributed by atoms with Crippen molar-refractivity contribution < 1.29 is 0 Å². The lowest BCUT2D eigenvalue weighted by Gasteiger charge is -2.17. The zero-order valence-electron chi connectivity index (χ0n) is 26.4. The van der Waals surface area contributed by atoms with Gasteiger partial charge in [-0.25, -0.2) is 9.83 Å². The number of benzene rings is 8. The third-order valence-electron chi connectivity index (χ3n) is 9.92. The van der Waals surface area contributed by atoms with Crippen LogP contribution >= 0.6 is 0 Å². The summed E-state index contributed by atoms with van der Waals surface area (Å²) in [6.07, 6.45) is 0. The summed E-state index contributed by atoms with van der Waals surface area (Å²) in [5.41, 5.74) is 9.25. The van der Waals surface area contributed by atoms with Gasteiger partial charge in [-0.2, -0.15) is 0 Å². The van der Waals surface area contributed by atoms with Gasteiger partial charge in [0.25, 0.3) is 0 Å². The first-order valence-electron chi connectivity index (χ1n) is 16.5. The van der Waals surface area contributed by atoms with Crippen LogP contribution in [-0.4, -0.2) is 9.55 Å². The van der Waals surface area contributed by atoms with Crippen molar-refractivity contribution in [3.8, 4) is 28.1 Å². The van der Waals surface area contributed by atoms with Crippen LogP contribution in [0.5, 0.6) is 0 Å². The predicted molar refractivity (Wildman–Crippen MR) is 206 cm³/mol. The molecule has 2 heterocycles. The zero-order chi connectivity index (χ0) is 32.5. The minimum absolute atomic E-state index is 0.634. The first kappa shape index (κ1) is 27.4. The van der Waals surface area contributed by atoms with Gasteiger partial charge in [0.05, 0.1) is 23.3 Å². The van der Waals surface area contributed by atoms with Gasteiger partial charge in [0, 0.05) is 43.7 Å². The Bertz CT molecular complexity index is 2990. The lowest BCUT2D eigenvalue weighted by Crippen LogP contribution is -1.94. The highest BCUT2D eigenvalue weighted by atomic mass is 15.0. The molecule has 0 saturated heterocycles. The van der Waals surface area contributed by atoms with Gasteiger partial charge in [-0.15, -0.1) is 0 Å². The van der Waals surface area contributed by atoms with Crippen LogP contribution in [0, 0.1) is 6.57 Å². The van der Waals surface area contributed by atoms with E-state index in [0.717, 1.165) is 60.6 Å². The molecule has 10 aromatic rings. The molecule has 0 spiro atoms. The molecule has 0 fully saturated rings. The lowest BCUT2D eigenvalue weighted by atomic mass is 9.89. The first-order valence-corrected chi connectivity index (χ1v) is 16.5. The Labute approximate surface area is 282 Å². The van der Waals surface area contributed by atoms with Gasteiger partial charge in [0.2, 0.25) is 0 Å². The molecule has 0 saturated carbocycles. The highest BCUT2D eigenvalue weighted by Gasteiger charge is 2.19. The second kappa shape index (κ2) is 10.6. The average molecular weight is 622 g/mol. The fraction of sp³-hybridized carbons (Fsp3) is 0. The van der Waals surface area contributed by atoms with Crippen molar-refractivity contribution in [3.05, 3.63) is 175 Å². The maximum absolute atomic E-state index is 7.70. The van der Waals surface area contributed by atoms with Crippen molar-refractivity contribution in [2.24, 2.45) is 0 Å². The van der Waals surface area contributed by atoms with E-state index in [-0.39, 0.29) is 0 Å². The van der Waals surface area contributed by atoms with Crippen LogP contribution in [-0.2, 0) is 0 Å². The standard InChI is InChI=1S/C46H27N3/c1-47-33-21-22-36-39-25-32(20-23-43(39)49(44(36)27-33)34-16-6-3-7-17-34)38-28-41-45(37-19-11-10-18-35(37)38)40-24-30-14-8-9-15-31(30)26-42(40)48-46(41)29-12-4-2-5-13-29/h2-28H. The molecule has 10 rings (SSSR count). The molecule has 0 aliphatic rings. The molecule has 8 aromatic carbocycles. The van der Waals surface area contributed by atoms with E-state index in [9.17, 15) is 0 Å². The number of aromatic nitrogens is 2. The molecule has 0 bridgehead atoms. The van der Waals surface area contributed by atoms with Crippen molar-refractivity contribution in [3.63, 3.8) is 0 Å². The summed E-state index contributed by atoms with van der Waals surface area (Å²) >= 11 is 0. The molecule has 3 heteroatoms. The van der Waals surface area contributed by atoms with E-state index in [4.69, 9.17) is 11.6 Å². The van der Waals surface area contributed by atoms with Crippen LogP contribution in [0.4, 0.5) is 5.69 Å². The topological polar surface area (TPSA) is 22.2 Å². The Morgan fingerprint density at radius 1 is 0.469 bits per heavy atom. The highest BCUT2D eigenvalue weighted by molar-refractivity contribution is 6.26. The highest BCUT2D eigenvalue weighted by Crippen LogP contribution is 2.44. The second-order valence-corrected chi connectivity index (χ2v) is 12.7. The number of rotatable bonds is 3. The number of para-hydroxylation sites is 1. The second-order valence-electron chi connectivity index (χ2n) is 12.7. The Morgan fingerprint density at radius 3 is 1.98 bits per heavy atom. The van der Waals surface area contributed by atoms with Gasteiger partial charge in [-0.3, -0.25) is 0 Å². The Kier molecular flexibility index (Phi) is 5.94. The van der Waals surface area contributed by atoms with Gasteiger partial charge >= 0.3 is 0 Å². The number of nitrogens with zero attached hydrogens (tertiary/aromatic N) is 3. The third kappa shape index (κ3) is 4.18. The number of pyridine rings is 1. The van der Waals surface area contributed by atoms with Gasteiger partial charge < -0.3 is 4.57 Å². The summed E-state index contributed by atoms with van der Waals surface area (Å²) < 4.78 is 2.27. The van der Waals surface area contributed by atoms with E-state index in [2.05, 4.69) is 155 Å². The van der Waals surface area contributed by atoms with E-state index in [0.29, 0.717) is 5.69 Å². The van der Waals surface area contributed by atoms with Gasteiger partial charge in [0.15, 0.2) is 5.69 Å². The molecule has 0 N–H and O–H groups in total. The average Bonchev–Trinajstić information content (AvgIpc) is 3.49. The fourth-order valence-corrected chi connectivity index (χ4v) is 7.71. The largest absolute Gasteiger partial charge is 0.311 e. The molecule has 0 atom stereocenters. The van der Waals surface area contributed by atoms with Crippen molar-refractivity contribution in [1.29, 1.82) is 0 Å². The van der Waals surface area contributed by atoms with Crippen LogP contribution in [0.2, 0.25) is 0 Å². The van der Waals surface area contributed by atoms with Crippen LogP contribution in [0.25, 0.3) is 97.9 Å². The van der Waals surface area contributed by atoms with Crippen molar-refractivity contribution >= 4 is 70.7 Å². The summed E-state index contributed by atoms with van der Waals surface area (Å²) in [6, 6.07) is 58.0. The van der Waals surface area contributed by atoms with E-state index in [1.807, 2.05) is 18.2 Å². The van der Waals surface area contributed by atoms with Gasteiger partial charge in [0.1, 0.15) is 0 Å². The summed E-state index contributed by atoms with van der Waals surface area (Å²) in [6.45, 7) is 7.70. The van der Waals surface area contributed by atoms with Crippen molar-refractivity contribution in [2.45, 2.75) is 0 Å². The lowest BCUT2D eigenvalue weighted by molar-refractivity contribution is 1.18. The zero-order valence-corrected chi connectivity index (χ0v) is 26.4. The van der Waals surface area contributed by atoms with Crippen LogP contribution < -0.4 is 0 Å². The quantitative estimate of drug-likeness (QED) is 0.109. The van der Waals surface area contributed by atoms with Crippen molar-refractivity contribution in [2.75, 3.05) is 0 Å². The molecular formula is C46H27N3. The third-order valence-corrected chi connectivity index (χ3v) is 9.92. The molecule has 226 valence electrons. The normalized spacial score (nSPS) is 11.7.